The van der Waals surface area contributed by atoms with Gasteiger partial charge >= 0.3 is 6.03 Å². The zero-order valence-electron chi connectivity index (χ0n) is 16.6. The smallest absolute Gasteiger partial charge is 0.315 e. The number of carbonyl (C=O) groups is 2. The molecule has 0 bridgehead atoms. The van der Waals surface area contributed by atoms with Crippen LogP contribution in [0.1, 0.15) is 60.2 Å². The van der Waals surface area contributed by atoms with Crippen LogP contribution in [-0.4, -0.2) is 53.8 Å². The summed E-state index contributed by atoms with van der Waals surface area (Å²) >= 11 is 0. The third kappa shape index (κ3) is 3.25. The summed E-state index contributed by atoms with van der Waals surface area (Å²) in [5, 5.41) is 8.78. The molecule has 8 heteroatoms. The molecule has 1 aromatic heterocycles. The molecule has 5 rings (SSSR count). The van der Waals surface area contributed by atoms with Gasteiger partial charge in [0, 0.05) is 37.8 Å². The molecule has 2 aromatic rings. The molecule has 0 spiro atoms. The van der Waals surface area contributed by atoms with E-state index in [1.54, 1.807) is 7.05 Å². The number of amides is 3. The van der Waals surface area contributed by atoms with Gasteiger partial charge in [0.15, 0.2) is 0 Å². The quantitative estimate of drug-likeness (QED) is 0.739. The van der Waals surface area contributed by atoms with Crippen LogP contribution in [0.5, 0.6) is 0 Å². The van der Waals surface area contributed by atoms with E-state index in [0.29, 0.717) is 11.5 Å². The number of hydrogen-bond acceptors (Lipinski definition) is 4. The first-order chi connectivity index (χ1) is 14.1. The van der Waals surface area contributed by atoms with Gasteiger partial charge in [-0.15, -0.1) is 0 Å². The molecule has 3 heterocycles. The molecule has 1 aromatic carbocycles. The number of imidazole rings is 1. The lowest BCUT2D eigenvalue weighted by Crippen LogP contribution is -2.40. The second kappa shape index (κ2) is 7.33. The van der Waals surface area contributed by atoms with Gasteiger partial charge < -0.3 is 25.3 Å². The van der Waals surface area contributed by atoms with Crippen molar-refractivity contribution in [3.63, 3.8) is 0 Å². The highest BCUT2D eigenvalue weighted by Gasteiger charge is 2.39. The zero-order valence-corrected chi connectivity index (χ0v) is 16.6. The van der Waals surface area contributed by atoms with E-state index >= 15 is 0 Å². The SMILES string of the molecule is CNC(=O)c1ccc2c(c1)nc(C1CCOCC1)n2C1CCC2NC(=O)NC2C1. The van der Waals surface area contributed by atoms with Gasteiger partial charge in [-0.3, -0.25) is 4.79 Å². The van der Waals surface area contributed by atoms with Crippen molar-refractivity contribution in [1.29, 1.82) is 0 Å². The molecule has 2 saturated heterocycles. The van der Waals surface area contributed by atoms with Crippen LogP contribution in [0.25, 0.3) is 11.0 Å². The Morgan fingerprint density at radius 3 is 2.76 bits per heavy atom. The van der Waals surface area contributed by atoms with Crippen LogP contribution in [-0.2, 0) is 4.74 Å². The minimum absolute atomic E-state index is 0.0592. The van der Waals surface area contributed by atoms with Gasteiger partial charge in [0.25, 0.3) is 5.91 Å². The highest BCUT2D eigenvalue weighted by Crippen LogP contribution is 2.38. The van der Waals surface area contributed by atoms with Gasteiger partial charge in [0.1, 0.15) is 5.82 Å². The predicted octanol–water partition coefficient (Wildman–Crippen LogP) is 2.06. The number of rotatable bonds is 3. The Bertz CT molecular complexity index is 949. The topological polar surface area (TPSA) is 97.3 Å². The number of hydrogen-bond donors (Lipinski definition) is 3. The fourth-order valence-corrected chi connectivity index (χ4v) is 5.12. The van der Waals surface area contributed by atoms with Crippen molar-refractivity contribution in [2.45, 2.75) is 56.1 Å². The third-order valence-electron chi connectivity index (χ3n) is 6.61. The Balaban J connectivity index is 1.56. The van der Waals surface area contributed by atoms with E-state index < -0.39 is 0 Å². The Labute approximate surface area is 169 Å². The number of carbonyl (C=O) groups excluding carboxylic acids is 2. The maximum atomic E-state index is 12.1. The molecule has 3 N–H and O–H groups in total. The molecular formula is C21H27N5O3. The van der Waals surface area contributed by atoms with E-state index in [1.807, 2.05) is 18.2 Å². The van der Waals surface area contributed by atoms with Crippen molar-refractivity contribution >= 4 is 23.0 Å². The summed E-state index contributed by atoms with van der Waals surface area (Å²) < 4.78 is 7.96. The van der Waals surface area contributed by atoms with Crippen molar-refractivity contribution in [3.05, 3.63) is 29.6 Å². The summed E-state index contributed by atoms with van der Waals surface area (Å²) in [5.41, 5.74) is 2.56. The van der Waals surface area contributed by atoms with E-state index in [0.717, 1.165) is 62.2 Å². The van der Waals surface area contributed by atoms with E-state index in [1.165, 1.54) is 0 Å². The van der Waals surface area contributed by atoms with Gasteiger partial charge in [-0.1, -0.05) is 0 Å². The molecule has 1 aliphatic carbocycles. The van der Waals surface area contributed by atoms with Crippen LogP contribution >= 0.6 is 0 Å². The molecule has 8 nitrogen and oxygen atoms in total. The lowest BCUT2D eigenvalue weighted by Gasteiger charge is -2.34. The van der Waals surface area contributed by atoms with Crippen molar-refractivity contribution in [2.24, 2.45) is 0 Å². The Hall–Kier alpha value is -2.61. The lowest BCUT2D eigenvalue weighted by atomic mass is 9.87. The molecule has 3 fully saturated rings. The largest absolute Gasteiger partial charge is 0.381 e. The molecule has 2 aliphatic heterocycles. The van der Waals surface area contributed by atoms with E-state index in [-0.39, 0.29) is 30.1 Å². The number of aromatic nitrogens is 2. The fourth-order valence-electron chi connectivity index (χ4n) is 5.12. The first-order valence-electron chi connectivity index (χ1n) is 10.5. The van der Waals surface area contributed by atoms with Gasteiger partial charge in [0.05, 0.1) is 23.1 Å². The van der Waals surface area contributed by atoms with Gasteiger partial charge in [-0.2, -0.15) is 0 Å². The van der Waals surface area contributed by atoms with Gasteiger partial charge in [0.2, 0.25) is 0 Å². The summed E-state index contributed by atoms with van der Waals surface area (Å²) in [6.07, 6.45) is 4.77. The Kier molecular flexibility index (Phi) is 4.66. The second-order valence-corrected chi connectivity index (χ2v) is 8.31. The highest BCUT2D eigenvalue weighted by atomic mass is 16.5. The van der Waals surface area contributed by atoms with Crippen LogP contribution in [0, 0.1) is 0 Å². The first kappa shape index (κ1) is 18.4. The van der Waals surface area contributed by atoms with Crippen LogP contribution < -0.4 is 16.0 Å². The summed E-state index contributed by atoms with van der Waals surface area (Å²) in [6.45, 7) is 1.51. The highest BCUT2D eigenvalue weighted by molar-refractivity contribution is 5.97. The van der Waals surface area contributed by atoms with Crippen LogP contribution in [0.3, 0.4) is 0 Å². The number of nitrogens with zero attached hydrogens (tertiary/aromatic N) is 2. The summed E-state index contributed by atoms with van der Waals surface area (Å²) in [7, 11) is 1.64. The van der Waals surface area contributed by atoms with Crippen LogP contribution in [0.2, 0.25) is 0 Å². The molecule has 3 atom stereocenters. The predicted molar refractivity (Wildman–Crippen MR) is 108 cm³/mol. The Morgan fingerprint density at radius 2 is 1.97 bits per heavy atom. The number of nitrogens with one attached hydrogen (secondary N) is 3. The fraction of sp³-hybridized carbons (Fsp3) is 0.571. The molecule has 3 amide bonds. The summed E-state index contributed by atoms with van der Waals surface area (Å²) in [6, 6.07) is 6.38. The van der Waals surface area contributed by atoms with Crippen LogP contribution in [0.15, 0.2) is 18.2 Å². The Morgan fingerprint density at radius 1 is 1.17 bits per heavy atom. The number of benzene rings is 1. The standard InChI is InChI=1S/C21H27N5O3/c1-22-20(27)13-2-5-18-17(10-13)23-19(12-6-8-29-9-7-12)26(18)14-3-4-15-16(11-14)25-21(28)24-15/h2,5,10,12,14-16H,3-4,6-9,11H2,1H3,(H,22,27)(H2,24,25,28). The summed E-state index contributed by atoms with van der Waals surface area (Å²) in [5.74, 6) is 1.35. The monoisotopic (exact) mass is 397 g/mol. The number of urea groups is 1. The third-order valence-corrected chi connectivity index (χ3v) is 6.61. The molecule has 3 aliphatic rings. The molecule has 3 unspecified atom stereocenters. The van der Waals surface area contributed by atoms with E-state index in [4.69, 9.17) is 9.72 Å². The van der Waals surface area contributed by atoms with Gasteiger partial charge in [-0.05, 0) is 50.3 Å². The van der Waals surface area contributed by atoms with E-state index in [2.05, 4.69) is 20.5 Å². The molecule has 1 saturated carbocycles. The molecule has 29 heavy (non-hydrogen) atoms. The average molecular weight is 397 g/mol. The van der Waals surface area contributed by atoms with Crippen molar-refractivity contribution < 1.29 is 14.3 Å². The molecule has 154 valence electrons. The number of fused-ring (bicyclic) bond motifs is 2. The maximum absolute atomic E-state index is 12.1. The average Bonchev–Trinajstić information content (AvgIpc) is 3.32. The normalized spacial score (nSPS) is 27.3. The van der Waals surface area contributed by atoms with Crippen molar-refractivity contribution in [1.82, 2.24) is 25.5 Å². The first-order valence-corrected chi connectivity index (χ1v) is 10.5. The molecule has 0 radical (unpaired) electrons. The van der Waals surface area contributed by atoms with Crippen molar-refractivity contribution in [3.8, 4) is 0 Å². The van der Waals surface area contributed by atoms with E-state index in [9.17, 15) is 9.59 Å². The van der Waals surface area contributed by atoms with Crippen LogP contribution in [0.4, 0.5) is 4.79 Å². The lowest BCUT2D eigenvalue weighted by molar-refractivity contribution is 0.0821. The van der Waals surface area contributed by atoms with Gasteiger partial charge in [-0.25, -0.2) is 9.78 Å². The zero-order chi connectivity index (χ0) is 20.0. The second-order valence-electron chi connectivity index (χ2n) is 8.31. The minimum Gasteiger partial charge on any atom is -0.381 e. The molecular weight excluding hydrogens is 370 g/mol. The summed E-state index contributed by atoms with van der Waals surface area (Å²) in [4.78, 5) is 28.9. The number of ether oxygens (including phenoxy) is 1. The minimum atomic E-state index is -0.102. The maximum Gasteiger partial charge on any atom is 0.315 e. The van der Waals surface area contributed by atoms with Crippen molar-refractivity contribution in [2.75, 3.05) is 20.3 Å².